The highest BCUT2D eigenvalue weighted by Crippen LogP contribution is 2.35. The van der Waals surface area contributed by atoms with Gasteiger partial charge in [0.25, 0.3) is 5.91 Å². The fraction of sp³-hybridized carbons (Fsp3) is 0.150. The number of nitrogens with zero attached hydrogens (tertiary/aromatic N) is 2. The molecular formula is C20H19F3N6O. The third-order valence-electron chi connectivity index (χ3n) is 4.19. The third kappa shape index (κ3) is 4.84. The van der Waals surface area contributed by atoms with E-state index in [1.54, 1.807) is 36.4 Å². The lowest BCUT2D eigenvalue weighted by molar-refractivity contribution is -0.137. The van der Waals surface area contributed by atoms with E-state index < -0.39 is 23.5 Å². The minimum Gasteiger partial charge on any atom is -0.355 e. The van der Waals surface area contributed by atoms with Crippen molar-refractivity contribution in [1.29, 1.82) is 0 Å². The van der Waals surface area contributed by atoms with Crippen LogP contribution < -0.4 is 21.7 Å². The summed E-state index contributed by atoms with van der Waals surface area (Å²) in [7, 11) is 1.43. The Hall–Kier alpha value is -3.66. The van der Waals surface area contributed by atoms with Crippen molar-refractivity contribution in [1.82, 2.24) is 15.3 Å². The highest BCUT2D eigenvalue weighted by Gasteiger charge is 2.35. The normalized spacial score (nSPS) is 11.1. The Kier molecular flexibility index (Phi) is 6.17. The minimum absolute atomic E-state index is 0.0385. The minimum atomic E-state index is -4.69. The molecule has 0 radical (unpaired) electrons. The number of para-hydroxylation sites is 1. The first-order valence-corrected chi connectivity index (χ1v) is 8.90. The maximum absolute atomic E-state index is 13.5. The maximum Gasteiger partial charge on any atom is 0.421 e. The molecule has 0 saturated heterocycles. The second-order valence-corrected chi connectivity index (χ2v) is 6.23. The van der Waals surface area contributed by atoms with Crippen LogP contribution in [-0.4, -0.2) is 22.9 Å². The molecule has 10 heteroatoms. The SMILES string of the molecule is CNC(=O)c1ccccc1Nc1nc(Nc2ccc(CN)cc2)ncc1C(F)(F)F. The van der Waals surface area contributed by atoms with Gasteiger partial charge in [-0.3, -0.25) is 4.79 Å². The van der Waals surface area contributed by atoms with Crippen LogP contribution in [0.4, 0.5) is 36.3 Å². The van der Waals surface area contributed by atoms with Gasteiger partial charge in [-0.15, -0.1) is 0 Å². The summed E-state index contributed by atoms with van der Waals surface area (Å²) in [4.78, 5) is 19.8. The van der Waals surface area contributed by atoms with E-state index in [-0.39, 0.29) is 17.2 Å². The van der Waals surface area contributed by atoms with Crippen molar-refractivity contribution in [2.45, 2.75) is 12.7 Å². The van der Waals surface area contributed by atoms with E-state index in [0.29, 0.717) is 18.4 Å². The number of carbonyl (C=O) groups is 1. The molecule has 0 aliphatic heterocycles. The van der Waals surface area contributed by atoms with E-state index in [2.05, 4.69) is 25.9 Å². The Morgan fingerprint density at radius 3 is 2.40 bits per heavy atom. The lowest BCUT2D eigenvalue weighted by Crippen LogP contribution is -2.20. The van der Waals surface area contributed by atoms with Crippen molar-refractivity contribution in [3.05, 3.63) is 71.4 Å². The molecule has 5 N–H and O–H groups in total. The van der Waals surface area contributed by atoms with Gasteiger partial charge < -0.3 is 21.7 Å². The molecule has 0 atom stereocenters. The molecule has 30 heavy (non-hydrogen) atoms. The Balaban J connectivity index is 1.97. The van der Waals surface area contributed by atoms with Crippen LogP contribution in [0.15, 0.2) is 54.7 Å². The maximum atomic E-state index is 13.5. The predicted molar refractivity (Wildman–Crippen MR) is 108 cm³/mol. The highest BCUT2D eigenvalue weighted by molar-refractivity contribution is 6.00. The van der Waals surface area contributed by atoms with Crippen LogP contribution in [0, 0.1) is 0 Å². The number of anilines is 4. The van der Waals surface area contributed by atoms with Gasteiger partial charge >= 0.3 is 6.18 Å². The zero-order chi connectivity index (χ0) is 21.7. The molecule has 1 aromatic heterocycles. The van der Waals surface area contributed by atoms with Crippen LogP contribution in [0.5, 0.6) is 0 Å². The monoisotopic (exact) mass is 416 g/mol. The molecule has 156 valence electrons. The number of nitrogens with two attached hydrogens (primary N) is 1. The fourth-order valence-corrected chi connectivity index (χ4v) is 2.65. The Morgan fingerprint density at radius 1 is 1.07 bits per heavy atom. The number of nitrogens with one attached hydrogen (secondary N) is 3. The molecule has 0 bridgehead atoms. The Labute approximate surface area is 170 Å². The molecular weight excluding hydrogens is 397 g/mol. The highest BCUT2D eigenvalue weighted by atomic mass is 19.4. The summed E-state index contributed by atoms with van der Waals surface area (Å²) in [5, 5.41) is 7.93. The number of rotatable bonds is 6. The molecule has 0 spiro atoms. The third-order valence-corrected chi connectivity index (χ3v) is 4.19. The average Bonchev–Trinajstić information content (AvgIpc) is 2.73. The van der Waals surface area contributed by atoms with Crippen molar-refractivity contribution in [2.24, 2.45) is 5.73 Å². The van der Waals surface area contributed by atoms with Gasteiger partial charge in [0, 0.05) is 25.5 Å². The number of amides is 1. The zero-order valence-electron chi connectivity index (χ0n) is 15.9. The molecule has 0 fully saturated rings. The van der Waals surface area contributed by atoms with Crippen LogP contribution in [0.25, 0.3) is 0 Å². The van der Waals surface area contributed by atoms with Crippen molar-refractivity contribution in [3.8, 4) is 0 Å². The van der Waals surface area contributed by atoms with Gasteiger partial charge in [0.2, 0.25) is 5.95 Å². The van der Waals surface area contributed by atoms with Gasteiger partial charge in [0.05, 0.1) is 11.3 Å². The predicted octanol–water partition coefficient (Wildman–Crippen LogP) is 3.80. The number of halogens is 3. The largest absolute Gasteiger partial charge is 0.421 e. The molecule has 7 nitrogen and oxygen atoms in total. The summed E-state index contributed by atoms with van der Waals surface area (Å²) in [5.41, 5.74) is 6.35. The topological polar surface area (TPSA) is 105 Å². The number of hydrogen-bond acceptors (Lipinski definition) is 6. The molecule has 0 saturated carbocycles. The van der Waals surface area contributed by atoms with E-state index >= 15 is 0 Å². The zero-order valence-corrected chi connectivity index (χ0v) is 15.9. The van der Waals surface area contributed by atoms with Gasteiger partial charge in [-0.25, -0.2) is 4.98 Å². The number of alkyl halides is 3. The van der Waals surface area contributed by atoms with E-state index in [1.165, 1.54) is 19.2 Å². The number of carbonyl (C=O) groups excluding carboxylic acids is 1. The average molecular weight is 416 g/mol. The van der Waals surface area contributed by atoms with Crippen molar-refractivity contribution >= 4 is 29.0 Å². The first kappa shape index (κ1) is 21.1. The lowest BCUT2D eigenvalue weighted by atomic mass is 10.1. The van der Waals surface area contributed by atoms with Crippen molar-refractivity contribution < 1.29 is 18.0 Å². The van der Waals surface area contributed by atoms with Gasteiger partial charge in [-0.2, -0.15) is 18.2 Å². The number of hydrogen-bond donors (Lipinski definition) is 4. The van der Waals surface area contributed by atoms with Crippen LogP contribution in [0.3, 0.4) is 0 Å². The van der Waals surface area contributed by atoms with Crippen LogP contribution in [-0.2, 0) is 12.7 Å². The standard InChI is InChI=1S/C20H19F3N6O/c1-25-18(30)14-4-2-3-5-16(14)28-17-15(20(21,22)23)11-26-19(29-17)27-13-8-6-12(10-24)7-9-13/h2-9,11H,10,24H2,1H3,(H,25,30)(H2,26,27,28,29). The molecule has 0 aliphatic carbocycles. The Morgan fingerprint density at radius 2 is 1.77 bits per heavy atom. The van der Waals surface area contributed by atoms with Gasteiger partial charge in [-0.1, -0.05) is 24.3 Å². The quantitative estimate of drug-likeness (QED) is 0.487. The molecule has 3 aromatic rings. The van der Waals surface area contributed by atoms with Gasteiger partial charge in [0.15, 0.2) is 0 Å². The van der Waals surface area contributed by atoms with E-state index in [4.69, 9.17) is 5.73 Å². The van der Waals surface area contributed by atoms with E-state index in [9.17, 15) is 18.0 Å². The second-order valence-electron chi connectivity index (χ2n) is 6.23. The Bertz CT molecular complexity index is 1040. The summed E-state index contributed by atoms with van der Waals surface area (Å²) >= 11 is 0. The molecule has 1 heterocycles. The molecule has 3 rings (SSSR count). The van der Waals surface area contributed by atoms with Crippen molar-refractivity contribution in [3.63, 3.8) is 0 Å². The lowest BCUT2D eigenvalue weighted by Gasteiger charge is -2.16. The second kappa shape index (κ2) is 8.78. The van der Waals surface area contributed by atoms with Crippen LogP contribution in [0.1, 0.15) is 21.5 Å². The summed E-state index contributed by atoms with van der Waals surface area (Å²) in [5.74, 6) is -0.961. The molecule has 2 aromatic carbocycles. The van der Waals surface area contributed by atoms with Gasteiger partial charge in [0.1, 0.15) is 11.4 Å². The number of aromatic nitrogens is 2. The summed E-state index contributed by atoms with van der Waals surface area (Å²) in [6, 6.07) is 13.2. The van der Waals surface area contributed by atoms with E-state index in [1.807, 2.05) is 0 Å². The first-order chi connectivity index (χ1) is 14.3. The van der Waals surface area contributed by atoms with Crippen molar-refractivity contribution in [2.75, 3.05) is 17.7 Å². The smallest absolute Gasteiger partial charge is 0.355 e. The molecule has 0 unspecified atom stereocenters. The van der Waals surface area contributed by atoms with Gasteiger partial charge in [-0.05, 0) is 29.8 Å². The summed E-state index contributed by atoms with van der Waals surface area (Å²) < 4.78 is 40.5. The molecule has 1 amide bonds. The summed E-state index contributed by atoms with van der Waals surface area (Å²) in [6.07, 6.45) is -4.00. The van der Waals surface area contributed by atoms with E-state index in [0.717, 1.165) is 5.56 Å². The number of benzene rings is 2. The summed E-state index contributed by atoms with van der Waals surface area (Å²) in [6.45, 7) is 0.371. The fourth-order valence-electron chi connectivity index (χ4n) is 2.65. The van der Waals surface area contributed by atoms with Crippen LogP contribution >= 0.6 is 0 Å². The molecule has 0 aliphatic rings. The van der Waals surface area contributed by atoms with Crippen LogP contribution in [0.2, 0.25) is 0 Å². The first-order valence-electron chi connectivity index (χ1n) is 8.90.